The van der Waals surface area contributed by atoms with Gasteiger partial charge in [0.05, 0.1) is 25.4 Å². The van der Waals surface area contributed by atoms with Crippen LogP contribution >= 0.6 is 0 Å². The maximum atomic E-state index is 11.9. The van der Waals surface area contributed by atoms with Gasteiger partial charge in [-0.25, -0.2) is 0 Å². The lowest BCUT2D eigenvalue weighted by molar-refractivity contribution is 0.112. The smallest absolute Gasteiger partial charge is 0.0894 e. The maximum absolute atomic E-state index is 11.9. The Morgan fingerprint density at radius 1 is 0.565 bits per heavy atom. The molecule has 3 nitrogen and oxygen atoms in total. The zero-order valence-corrected chi connectivity index (χ0v) is 15.1. The maximum Gasteiger partial charge on any atom is 0.0894 e. The second kappa shape index (κ2) is 16.7. The normalized spacial score (nSPS) is 12.0. The molecule has 4 heteroatoms. The summed E-state index contributed by atoms with van der Waals surface area (Å²) in [5.74, 6) is 0. The highest BCUT2D eigenvalue weighted by atomic mass is 19.1. The van der Waals surface area contributed by atoms with E-state index < -0.39 is 5.54 Å². The summed E-state index contributed by atoms with van der Waals surface area (Å²) in [7, 11) is 0. The van der Waals surface area contributed by atoms with Gasteiger partial charge in [0.25, 0.3) is 0 Å². The van der Waals surface area contributed by atoms with Gasteiger partial charge < -0.3 is 15.9 Å². The van der Waals surface area contributed by atoms with Crippen LogP contribution in [0.15, 0.2) is 0 Å². The minimum absolute atomic E-state index is 0.140. The van der Waals surface area contributed by atoms with Crippen molar-refractivity contribution in [3.63, 3.8) is 0 Å². The van der Waals surface area contributed by atoms with E-state index in [2.05, 4.69) is 0 Å². The van der Waals surface area contributed by atoms with Gasteiger partial charge in [0.15, 0.2) is 0 Å². The topological polar surface area (TPSA) is 66.5 Å². The Morgan fingerprint density at radius 2 is 0.870 bits per heavy atom. The van der Waals surface area contributed by atoms with Crippen molar-refractivity contribution in [2.75, 3.05) is 19.9 Å². The quantitative estimate of drug-likeness (QED) is 0.324. The molecule has 0 amide bonds. The van der Waals surface area contributed by atoms with Gasteiger partial charge in [-0.05, 0) is 12.8 Å². The summed E-state index contributed by atoms with van der Waals surface area (Å²) in [6, 6.07) is 0. The highest BCUT2D eigenvalue weighted by molar-refractivity contribution is 4.81. The second-order valence-electron chi connectivity index (χ2n) is 7.07. The second-order valence-corrected chi connectivity index (χ2v) is 7.07. The molecule has 0 aliphatic heterocycles. The Hall–Kier alpha value is -0.190. The van der Waals surface area contributed by atoms with Crippen LogP contribution in [0, 0.1) is 0 Å². The van der Waals surface area contributed by atoms with Gasteiger partial charge in [0, 0.05) is 0 Å². The van der Waals surface area contributed by atoms with Crippen molar-refractivity contribution in [3.8, 4) is 0 Å². The van der Waals surface area contributed by atoms with E-state index in [1.807, 2.05) is 0 Å². The monoisotopic (exact) mass is 333 g/mol. The van der Waals surface area contributed by atoms with E-state index in [1.54, 1.807) is 0 Å². The van der Waals surface area contributed by atoms with Crippen molar-refractivity contribution < 1.29 is 14.6 Å². The molecule has 0 bridgehead atoms. The molecule has 0 saturated carbocycles. The van der Waals surface area contributed by atoms with Crippen molar-refractivity contribution in [3.05, 3.63) is 0 Å². The minimum Gasteiger partial charge on any atom is -0.394 e. The molecular formula is C19H40FNO2. The molecule has 4 N–H and O–H groups in total. The molecule has 0 rings (SSSR count). The SMILES string of the molecule is NC(CO)(CO)CCCCCCCCCCCCCCCCF. The third-order valence-electron chi connectivity index (χ3n) is 4.69. The summed E-state index contributed by atoms with van der Waals surface area (Å²) in [6.45, 7) is -0.436. The van der Waals surface area contributed by atoms with E-state index in [0.717, 1.165) is 25.7 Å². The average Bonchev–Trinajstić information content (AvgIpc) is 2.58. The number of halogens is 1. The molecule has 0 unspecified atom stereocenters. The van der Waals surface area contributed by atoms with E-state index in [9.17, 15) is 4.39 Å². The molecule has 0 aliphatic rings. The Morgan fingerprint density at radius 3 is 1.17 bits per heavy atom. The highest BCUT2D eigenvalue weighted by Crippen LogP contribution is 2.15. The van der Waals surface area contributed by atoms with Crippen molar-refractivity contribution >= 4 is 0 Å². The van der Waals surface area contributed by atoms with E-state index in [1.165, 1.54) is 64.2 Å². The van der Waals surface area contributed by atoms with Gasteiger partial charge in [-0.3, -0.25) is 4.39 Å². The van der Waals surface area contributed by atoms with Crippen molar-refractivity contribution in [1.82, 2.24) is 0 Å². The first-order chi connectivity index (χ1) is 11.2. The van der Waals surface area contributed by atoms with Crippen LogP contribution in [-0.4, -0.2) is 35.6 Å². The first-order valence-electron chi connectivity index (χ1n) is 9.75. The van der Waals surface area contributed by atoms with Gasteiger partial charge in [0.2, 0.25) is 0 Å². The number of hydrogen-bond donors (Lipinski definition) is 3. The van der Waals surface area contributed by atoms with E-state index >= 15 is 0 Å². The number of unbranched alkanes of at least 4 members (excludes halogenated alkanes) is 13. The molecule has 140 valence electrons. The van der Waals surface area contributed by atoms with Crippen LogP contribution < -0.4 is 5.73 Å². The lowest BCUT2D eigenvalue weighted by Crippen LogP contribution is -2.47. The summed E-state index contributed by atoms with van der Waals surface area (Å²) >= 11 is 0. The van der Waals surface area contributed by atoms with Gasteiger partial charge in [-0.1, -0.05) is 83.5 Å². The molecular weight excluding hydrogens is 293 g/mol. The first kappa shape index (κ1) is 22.8. The standard InChI is InChI=1S/C19H40FNO2/c20-16-14-12-10-8-6-4-2-1-3-5-7-9-11-13-15-19(21,17-22)18-23/h22-23H,1-18,21H2. The Kier molecular flexibility index (Phi) is 16.5. The molecule has 23 heavy (non-hydrogen) atoms. The predicted octanol–water partition coefficient (Wildman–Crippen LogP) is 4.49. The molecule has 0 aromatic heterocycles. The Labute approximate surface area is 142 Å². The number of nitrogens with two attached hydrogens (primary N) is 1. The zero-order valence-electron chi connectivity index (χ0n) is 15.1. The molecule has 0 saturated heterocycles. The summed E-state index contributed by atoms with van der Waals surface area (Å²) < 4.78 is 11.9. The lowest BCUT2D eigenvalue weighted by atomic mass is 9.94. The van der Waals surface area contributed by atoms with Gasteiger partial charge in [-0.2, -0.15) is 0 Å². The molecule has 0 aromatic carbocycles. The third kappa shape index (κ3) is 15.1. The Balaban J connectivity index is 3.14. The molecule has 0 fully saturated rings. The number of aliphatic hydroxyl groups excluding tert-OH is 2. The number of hydrogen-bond acceptors (Lipinski definition) is 3. The average molecular weight is 334 g/mol. The number of alkyl halides is 1. The van der Waals surface area contributed by atoms with Gasteiger partial charge >= 0.3 is 0 Å². The number of aliphatic hydroxyl groups is 2. The summed E-state index contributed by atoms with van der Waals surface area (Å²) in [5, 5.41) is 18.2. The minimum atomic E-state index is -0.786. The van der Waals surface area contributed by atoms with E-state index in [0.29, 0.717) is 6.42 Å². The largest absolute Gasteiger partial charge is 0.394 e. The van der Waals surface area contributed by atoms with Crippen LogP contribution in [-0.2, 0) is 0 Å². The molecule has 0 heterocycles. The van der Waals surface area contributed by atoms with Crippen LogP contribution in [0.1, 0.15) is 96.3 Å². The third-order valence-corrected chi connectivity index (χ3v) is 4.69. The summed E-state index contributed by atoms with van der Waals surface area (Å²) in [4.78, 5) is 0. The molecule has 0 aliphatic carbocycles. The molecule has 0 aromatic rings. The zero-order chi connectivity index (χ0) is 17.2. The highest BCUT2D eigenvalue weighted by Gasteiger charge is 2.21. The van der Waals surface area contributed by atoms with Crippen molar-refractivity contribution in [1.29, 1.82) is 0 Å². The summed E-state index contributed by atoms with van der Waals surface area (Å²) in [6.07, 6.45) is 17.5. The van der Waals surface area contributed by atoms with Crippen molar-refractivity contribution in [2.45, 2.75) is 102 Å². The van der Waals surface area contributed by atoms with Crippen LogP contribution in [0.3, 0.4) is 0 Å². The molecule has 0 atom stereocenters. The van der Waals surface area contributed by atoms with Crippen LogP contribution in [0.2, 0.25) is 0 Å². The van der Waals surface area contributed by atoms with Gasteiger partial charge in [-0.15, -0.1) is 0 Å². The molecule has 0 radical (unpaired) electrons. The number of rotatable bonds is 18. The van der Waals surface area contributed by atoms with Crippen molar-refractivity contribution in [2.24, 2.45) is 5.73 Å². The Bertz CT molecular complexity index is 235. The molecule has 0 spiro atoms. The fourth-order valence-corrected chi connectivity index (χ4v) is 2.90. The predicted molar refractivity (Wildman–Crippen MR) is 96.3 cm³/mol. The fraction of sp³-hybridized carbons (Fsp3) is 1.00. The van der Waals surface area contributed by atoms with Crippen LogP contribution in [0.25, 0.3) is 0 Å². The van der Waals surface area contributed by atoms with E-state index in [4.69, 9.17) is 15.9 Å². The summed E-state index contributed by atoms with van der Waals surface area (Å²) in [5.41, 5.74) is 5.05. The van der Waals surface area contributed by atoms with Crippen LogP contribution in [0.5, 0.6) is 0 Å². The lowest BCUT2D eigenvalue weighted by Gasteiger charge is -2.24. The van der Waals surface area contributed by atoms with Gasteiger partial charge in [0.1, 0.15) is 0 Å². The first-order valence-corrected chi connectivity index (χ1v) is 9.75. The fourth-order valence-electron chi connectivity index (χ4n) is 2.90. The van der Waals surface area contributed by atoms with Crippen LogP contribution in [0.4, 0.5) is 4.39 Å². The van der Waals surface area contributed by atoms with E-state index in [-0.39, 0.29) is 19.9 Å².